The molecule has 0 heterocycles. The highest BCUT2D eigenvalue weighted by Gasteiger charge is 1.88. The van der Waals surface area contributed by atoms with Gasteiger partial charge in [-0.15, -0.1) is 0 Å². The molecule has 0 aromatic heterocycles. The molecule has 13 heavy (non-hydrogen) atoms. The molecule has 0 amide bonds. The van der Waals surface area contributed by atoms with E-state index in [4.69, 9.17) is 10.5 Å². The molecule has 0 aliphatic rings. The first-order chi connectivity index (χ1) is 6.36. The normalized spacial score (nSPS) is 10.6. The molecule has 2 N–H and O–H groups in total. The van der Waals surface area contributed by atoms with Crippen LogP contribution in [0.1, 0.15) is 12.0 Å². The maximum atomic E-state index is 5.37. The molecule has 2 heteroatoms. The molecule has 0 bridgehead atoms. The summed E-state index contributed by atoms with van der Waals surface area (Å²) in [7, 11) is 1.67. The lowest BCUT2D eigenvalue weighted by molar-refractivity contribution is 0.415. The Kier molecular flexibility index (Phi) is 4.06. The van der Waals surface area contributed by atoms with Gasteiger partial charge in [-0.05, 0) is 30.7 Å². The lowest BCUT2D eigenvalue weighted by Gasteiger charge is -1.98. The summed E-state index contributed by atoms with van der Waals surface area (Å²) in [5.41, 5.74) is 6.54. The van der Waals surface area contributed by atoms with Crippen molar-refractivity contribution in [2.45, 2.75) is 6.42 Å². The molecule has 1 aromatic rings. The number of hydrogen-bond donors (Lipinski definition) is 1. The zero-order valence-electron chi connectivity index (χ0n) is 7.86. The minimum atomic E-state index is 0.701. The number of methoxy groups -OCH3 is 1. The zero-order chi connectivity index (χ0) is 9.52. The minimum Gasteiger partial charge on any atom is -0.497 e. The van der Waals surface area contributed by atoms with E-state index in [1.165, 1.54) is 5.56 Å². The van der Waals surface area contributed by atoms with Gasteiger partial charge in [-0.25, -0.2) is 0 Å². The first-order valence-electron chi connectivity index (χ1n) is 4.37. The molecule has 0 atom stereocenters. The van der Waals surface area contributed by atoms with Crippen LogP contribution < -0.4 is 10.5 Å². The number of hydrogen-bond acceptors (Lipinski definition) is 2. The summed E-state index contributed by atoms with van der Waals surface area (Å²) in [5.74, 6) is 0.885. The Morgan fingerprint density at radius 3 is 2.54 bits per heavy atom. The summed E-state index contributed by atoms with van der Waals surface area (Å²) in [6.45, 7) is 0.701. The van der Waals surface area contributed by atoms with E-state index >= 15 is 0 Å². The maximum absolute atomic E-state index is 5.37. The molecular formula is C11H15NO. The van der Waals surface area contributed by atoms with Crippen LogP contribution >= 0.6 is 0 Å². The second kappa shape index (κ2) is 5.38. The van der Waals surface area contributed by atoms with Crippen molar-refractivity contribution in [3.8, 4) is 5.75 Å². The number of benzene rings is 1. The van der Waals surface area contributed by atoms with Gasteiger partial charge in [-0.3, -0.25) is 0 Å². The molecule has 1 rings (SSSR count). The number of nitrogens with two attached hydrogens (primary N) is 1. The molecule has 0 aliphatic heterocycles. The largest absolute Gasteiger partial charge is 0.497 e. The summed E-state index contributed by atoms with van der Waals surface area (Å²) in [6, 6.07) is 7.93. The zero-order valence-corrected chi connectivity index (χ0v) is 7.86. The highest BCUT2D eigenvalue weighted by molar-refractivity contribution is 5.50. The van der Waals surface area contributed by atoms with Crippen molar-refractivity contribution in [3.63, 3.8) is 0 Å². The Balaban J connectivity index is 2.58. The van der Waals surface area contributed by atoms with Gasteiger partial charge in [0.2, 0.25) is 0 Å². The van der Waals surface area contributed by atoms with Gasteiger partial charge in [0, 0.05) is 0 Å². The van der Waals surface area contributed by atoms with Gasteiger partial charge in [0.15, 0.2) is 0 Å². The molecule has 1 aromatic carbocycles. The lowest BCUT2D eigenvalue weighted by Crippen LogP contribution is -1.94. The van der Waals surface area contributed by atoms with Crippen LogP contribution in [0.3, 0.4) is 0 Å². The summed E-state index contributed by atoms with van der Waals surface area (Å²) in [4.78, 5) is 0. The van der Waals surface area contributed by atoms with Crippen LogP contribution in [0.4, 0.5) is 0 Å². The van der Waals surface area contributed by atoms with Crippen molar-refractivity contribution in [2.24, 2.45) is 5.73 Å². The van der Waals surface area contributed by atoms with Crippen LogP contribution in [0.2, 0.25) is 0 Å². The molecule has 0 radical (unpaired) electrons. The third-order valence-corrected chi connectivity index (χ3v) is 1.76. The molecule has 0 saturated carbocycles. The van der Waals surface area contributed by atoms with E-state index in [0.29, 0.717) is 6.54 Å². The molecule has 70 valence electrons. The van der Waals surface area contributed by atoms with Crippen LogP contribution in [-0.2, 0) is 0 Å². The fourth-order valence-corrected chi connectivity index (χ4v) is 1.03. The Bertz CT molecular complexity index is 264. The van der Waals surface area contributed by atoms with Crippen molar-refractivity contribution in [2.75, 3.05) is 13.7 Å². The highest BCUT2D eigenvalue weighted by atomic mass is 16.5. The third-order valence-electron chi connectivity index (χ3n) is 1.76. The average molecular weight is 177 g/mol. The minimum absolute atomic E-state index is 0.701. The first kappa shape index (κ1) is 9.81. The fraction of sp³-hybridized carbons (Fsp3) is 0.273. The Morgan fingerprint density at radius 1 is 1.31 bits per heavy atom. The number of rotatable bonds is 4. The van der Waals surface area contributed by atoms with Crippen molar-refractivity contribution in [1.29, 1.82) is 0 Å². The van der Waals surface area contributed by atoms with Crippen LogP contribution in [0.15, 0.2) is 30.3 Å². The monoisotopic (exact) mass is 177 g/mol. The van der Waals surface area contributed by atoms with Gasteiger partial charge in [0.25, 0.3) is 0 Å². The SMILES string of the molecule is COc1ccc(/C=C/CCN)cc1. The van der Waals surface area contributed by atoms with Gasteiger partial charge in [-0.2, -0.15) is 0 Å². The van der Waals surface area contributed by atoms with E-state index in [1.807, 2.05) is 24.3 Å². The Hall–Kier alpha value is -1.28. The van der Waals surface area contributed by atoms with E-state index < -0.39 is 0 Å². The molecule has 0 aliphatic carbocycles. The van der Waals surface area contributed by atoms with Crippen LogP contribution in [0.5, 0.6) is 5.75 Å². The standard InChI is InChI=1S/C11H15NO/c1-13-11-7-5-10(6-8-11)4-2-3-9-12/h2,4-8H,3,9,12H2,1H3/b4-2+. The second-order valence-corrected chi connectivity index (χ2v) is 2.75. The smallest absolute Gasteiger partial charge is 0.118 e. The van der Waals surface area contributed by atoms with Gasteiger partial charge >= 0.3 is 0 Å². The quantitative estimate of drug-likeness (QED) is 0.764. The molecule has 0 unspecified atom stereocenters. The second-order valence-electron chi connectivity index (χ2n) is 2.75. The summed E-state index contributed by atoms with van der Waals surface area (Å²) >= 11 is 0. The van der Waals surface area contributed by atoms with Crippen LogP contribution in [0.25, 0.3) is 6.08 Å². The Morgan fingerprint density at radius 2 is 2.00 bits per heavy atom. The van der Waals surface area contributed by atoms with Crippen molar-refractivity contribution < 1.29 is 4.74 Å². The van der Waals surface area contributed by atoms with Crippen LogP contribution in [0, 0.1) is 0 Å². The topological polar surface area (TPSA) is 35.2 Å². The van der Waals surface area contributed by atoms with Gasteiger partial charge in [-0.1, -0.05) is 24.3 Å². The Labute approximate surface area is 79.0 Å². The van der Waals surface area contributed by atoms with Crippen LogP contribution in [-0.4, -0.2) is 13.7 Å². The molecule has 0 fully saturated rings. The van der Waals surface area contributed by atoms with E-state index in [9.17, 15) is 0 Å². The maximum Gasteiger partial charge on any atom is 0.118 e. The fourth-order valence-electron chi connectivity index (χ4n) is 1.03. The molecular weight excluding hydrogens is 162 g/mol. The molecule has 0 spiro atoms. The number of ether oxygens (including phenoxy) is 1. The first-order valence-corrected chi connectivity index (χ1v) is 4.37. The van der Waals surface area contributed by atoms with E-state index in [0.717, 1.165) is 12.2 Å². The van der Waals surface area contributed by atoms with Gasteiger partial charge < -0.3 is 10.5 Å². The van der Waals surface area contributed by atoms with Gasteiger partial charge in [0.05, 0.1) is 7.11 Å². The van der Waals surface area contributed by atoms with Crippen molar-refractivity contribution >= 4 is 6.08 Å². The predicted molar refractivity (Wildman–Crippen MR) is 55.7 cm³/mol. The van der Waals surface area contributed by atoms with E-state index in [1.54, 1.807) is 7.11 Å². The van der Waals surface area contributed by atoms with Crippen molar-refractivity contribution in [1.82, 2.24) is 0 Å². The summed E-state index contributed by atoms with van der Waals surface area (Å²) in [6.07, 6.45) is 5.06. The lowest BCUT2D eigenvalue weighted by atomic mass is 10.2. The van der Waals surface area contributed by atoms with E-state index in [-0.39, 0.29) is 0 Å². The highest BCUT2D eigenvalue weighted by Crippen LogP contribution is 2.12. The predicted octanol–water partition coefficient (Wildman–Crippen LogP) is 2.06. The van der Waals surface area contributed by atoms with E-state index in [2.05, 4.69) is 12.2 Å². The van der Waals surface area contributed by atoms with Crippen molar-refractivity contribution in [3.05, 3.63) is 35.9 Å². The van der Waals surface area contributed by atoms with Gasteiger partial charge in [0.1, 0.15) is 5.75 Å². The molecule has 0 saturated heterocycles. The summed E-state index contributed by atoms with van der Waals surface area (Å²) in [5, 5.41) is 0. The average Bonchev–Trinajstić information content (AvgIpc) is 2.19. The summed E-state index contributed by atoms with van der Waals surface area (Å²) < 4.78 is 5.05. The molecule has 2 nitrogen and oxygen atoms in total. The third kappa shape index (κ3) is 3.30.